The molecule has 0 radical (unpaired) electrons. The molecule has 1 unspecified atom stereocenters. The van der Waals surface area contributed by atoms with Gasteiger partial charge in [0.2, 0.25) is 15.9 Å². The summed E-state index contributed by atoms with van der Waals surface area (Å²) in [4.78, 5) is 5.50. The number of aromatic nitrogens is 3. The van der Waals surface area contributed by atoms with Crippen molar-refractivity contribution >= 4 is 33.1 Å². The molecule has 3 aromatic rings. The van der Waals surface area contributed by atoms with Crippen molar-refractivity contribution in [2.24, 2.45) is 0 Å². The number of thioether (sulfide) groups is 1. The maximum Gasteiger partial charge on any atom is 0.257 e. The zero-order valence-electron chi connectivity index (χ0n) is 15.3. The first-order valence-corrected chi connectivity index (χ1v) is 12.2. The highest BCUT2D eigenvalue weighted by Crippen LogP contribution is 2.35. The Morgan fingerprint density at radius 1 is 1.18 bits per heavy atom. The van der Waals surface area contributed by atoms with E-state index < -0.39 is 10.0 Å². The number of hydrogen-bond acceptors (Lipinski definition) is 8. The minimum absolute atomic E-state index is 0.0988. The summed E-state index contributed by atoms with van der Waals surface area (Å²) in [7, 11) is -3.46. The van der Waals surface area contributed by atoms with Gasteiger partial charge in [-0.3, -0.25) is 0 Å². The van der Waals surface area contributed by atoms with Crippen LogP contribution in [-0.2, 0) is 10.0 Å². The average molecular weight is 437 g/mol. The highest BCUT2D eigenvalue weighted by Gasteiger charge is 2.26. The lowest BCUT2D eigenvalue weighted by atomic mass is 10.2. The van der Waals surface area contributed by atoms with Crippen LogP contribution in [0.5, 0.6) is 0 Å². The molecule has 0 bridgehead atoms. The third-order valence-electron chi connectivity index (χ3n) is 4.48. The molecule has 7 nitrogen and oxygen atoms in total. The number of thiophene rings is 1. The molecule has 148 valence electrons. The lowest BCUT2D eigenvalue weighted by molar-refractivity contribution is 0.346. The number of rotatable bonds is 6. The summed E-state index contributed by atoms with van der Waals surface area (Å²) < 4.78 is 32.7. The Hall–Kier alpha value is -1.75. The first kappa shape index (κ1) is 19.6. The van der Waals surface area contributed by atoms with Gasteiger partial charge in [-0.05, 0) is 43.3 Å². The SMILES string of the molecule is CC(Sc1ccc(S(=O)(=O)N2CCCCC2)cn1)c1nnc(-c2cccs2)o1. The molecule has 1 aliphatic heterocycles. The topological polar surface area (TPSA) is 89.2 Å². The van der Waals surface area contributed by atoms with Crippen LogP contribution in [0.3, 0.4) is 0 Å². The van der Waals surface area contributed by atoms with Crippen molar-refractivity contribution in [2.75, 3.05) is 13.1 Å². The predicted molar refractivity (Wildman–Crippen MR) is 109 cm³/mol. The second-order valence-electron chi connectivity index (χ2n) is 6.48. The number of pyridine rings is 1. The molecule has 0 amide bonds. The average Bonchev–Trinajstić information content (AvgIpc) is 3.41. The number of piperidine rings is 1. The van der Waals surface area contributed by atoms with Crippen molar-refractivity contribution in [3.63, 3.8) is 0 Å². The van der Waals surface area contributed by atoms with Crippen LogP contribution in [0.1, 0.15) is 37.3 Å². The van der Waals surface area contributed by atoms with Crippen molar-refractivity contribution in [3.8, 4) is 10.8 Å². The molecule has 4 heterocycles. The zero-order chi connectivity index (χ0) is 19.6. The second kappa shape index (κ2) is 8.32. The Kier molecular flexibility index (Phi) is 5.81. The smallest absolute Gasteiger partial charge is 0.257 e. The van der Waals surface area contributed by atoms with E-state index in [1.165, 1.54) is 18.0 Å². The predicted octanol–water partition coefficient (Wildman–Crippen LogP) is 4.22. The standard InChI is InChI=1S/C18H20N4O3S3/c1-13(17-20-21-18(25-17)15-6-5-11-26-15)27-16-8-7-14(12-19-16)28(23,24)22-9-3-2-4-10-22/h5-8,11-13H,2-4,9-10H2,1H3. The second-order valence-corrected chi connectivity index (χ2v) is 10.7. The van der Waals surface area contributed by atoms with E-state index in [2.05, 4.69) is 15.2 Å². The molecule has 28 heavy (non-hydrogen) atoms. The Morgan fingerprint density at radius 2 is 2.00 bits per heavy atom. The van der Waals surface area contributed by atoms with Gasteiger partial charge in [0.05, 0.1) is 15.2 Å². The van der Waals surface area contributed by atoms with E-state index >= 15 is 0 Å². The van der Waals surface area contributed by atoms with Crippen LogP contribution in [-0.4, -0.2) is 41.0 Å². The first-order valence-electron chi connectivity index (χ1n) is 9.04. The summed E-state index contributed by atoms with van der Waals surface area (Å²) in [6, 6.07) is 7.22. The lowest BCUT2D eigenvalue weighted by Gasteiger charge is -2.25. The van der Waals surface area contributed by atoms with Gasteiger partial charge in [0, 0.05) is 19.3 Å². The van der Waals surface area contributed by atoms with Crippen molar-refractivity contribution in [1.82, 2.24) is 19.5 Å². The normalized spacial score (nSPS) is 16.9. The fourth-order valence-corrected chi connectivity index (χ4v) is 5.90. The molecule has 1 aliphatic rings. The third kappa shape index (κ3) is 4.14. The van der Waals surface area contributed by atoms with Crippen LogP contribution in [0, 0.1) is 0 Å². The van der Waals surface area contributed by atoms with Gasteiger partial charge < -0.3 is 4.42 Å². The van der Waals surface area contributed by atoms with Gasteiger partial charge in [-0.1, -0.05) is 24.2 Å². The molecule has 0 aliphatic carbocycles. The lowest BCUT2D eigenvalue weighted by Crippen LogP contribution is -2.35. The molecule has 10 heteroatoms. The Labute approximate surface area is 172 Å². The van der Waals surface area contributed by atoms with Crippen LogP contribution < -0.4 is 0 Å². The molecule has 0 saturated carbocycles. The van der Waals surface area contributed by atoms with Crippen molar-refractivity contribution in [3.05, 3.63) is 41.7 Å². The van der Waals surface area contributed by atoms with Gasteiger partial charge in [0.1, 0.15) is 4.90 Å². The van der Waals surface area contributed by atoms with Crippen molar-refractivity contribution in [2.45, 2.75) is 41.4 Å². The number of nitrogens with zero attached hydrogens (tertiary/aromatic N) is 4. The summed E-state index contributed by atoms with van der Waals surface area (Å²) >= 11 is 2.99. The fourth-order valence-electron chi connectivity index (χ4n) is 2.97. The van der Waals surface area contributed by atoms with E-state index in [-0.39, 0.29) is 10.1 Å². The zero-order valence-corrected chi connectivity index (χ0v) is 17.8. The van der Waals surface area contributed by atoms with E-state index in [1.807, 2.05) is 24.4 Å². The fraction of sp³-hybridized carbons (Fsp3) is 0.389. The van der Waals surface area contributed by atoms with E-state index in [4.69, 9.17) is 4.42 Å². The molecule has 1 atom stereocenters. The van der Waals surface area contributed by atoms with E-state index in [9.17, 15) is 8.42 Å². The summed E-state index contributed by atoms with van der Waals surface area (Å²) in [5.41, 5.74) is 0. The molecule has 0 aromatic carbocycles. The highest BCUT2D eigenvalue weighted by molar-refractivity contribution is 7.99. The number of hydrogen-bond donors (Lipinski definition) is 0. The molecule has 4 rings (SSSR count). The maximum absolute atomic E-state index is 12.7. The van der Waals surface area contributed by atoms with Gasteiger partial charge >= 0.3 is 0 Å². The quantitative estimate of drug-likeness (QED) is 0.534. The highest BCUT2D eigenvalue weighted by atomic mass is 32.2. The van der Waals surface area contributed by atoms with Gasteiger partial charge in [-0.2, -0.15) is 4.31 Å². The molecular formula is C18H20N4O3S3. The van der Waals surface area contributed by atoms with Crippen LogP contribution >= 0.6 is 23.1 Å². The molecule has 1 fully saturated rings. The monoisotopic (exact) mass is 436 g/mol. The minimum Gasteiger partial charge on any atom is -0.419 e. The Bertz CT molecular complexity index is 1010. The van der Waals surface area contributed by atoms with Crippen molar-refractivity contribution in [1.29, 1.82) is 0 Å². The molecule has 3 aromatic heterocycles. The summed E-state index contributed by atoms with van der Waals surface area (Å²) in [5.74, 6) is 1.02. The summed E-state index contributed by atoms with van der Waals surface area (Å²) in [6.45, 7) is 3.12. The van der Waals surface area contributed by atoms with Crippen LogP contribution in [0.2, 0.25) is 0 Å². The van der Waals surface area contributed by atoms with Crippen LogP contribution in [0.4, 0.5) is 0 Å². The van der Waals surface area contributed by atoms with Gasteiger partial charge in [-0.15, -0.1) is 21.5 Å². The summed E-state index contributed by atoms with van der Waals surface area (Å²) in [5, 5.41) is 10.8. The molecule has 0 N–H and O–H groups in total. The van der Waals surface area contributed by atoms with Gasteiger partial charge in [0.25, 0.3) is 5.89 Å². The van der Waals surface area contributed by atoms with E-state index in [0.29, 0.717) is 29.9 Å². The Balaban J connectivity index is 1.44. The first-order chi connectivity index (χ1) is 13.5. The van der Waals surface area contributed by atoms with Crippen molar-refractivity contribution < 1.29 is 12.8 Å². The molecule has 0 spiro atoms. The van der Waals surface area contributed by atoms with Gasteiger partial charge in [0.15, 0.2) is 0 Å². The number of sulfonamides is 1. The molecular weight excluding hydrogens is 416 g/mol. The summed E-state index contributed by atoms with van der Waals surface area (Å²) in [6.07, 6.45) is 4.34. The van der Waals surface area contributed by atoms with Gasteiger partial charge in [-0.25, -0.2) is 13.4 Å². The molecule has 1 saturated heterocycles. The van der Waals surface area contributed by atoms with Crippen LogP contribution in [0.15, 0.2) is 50.2 Å². The largest absolute Gasteiger partial charge is 0.419 e. The third-order valence-corrected chi connectivity index (χ3v) is 8.26. The maximum atomic E-state index is 12.7. The van der Waals surface area contributed by atoms with Crippen LogP contribution in [0.25, 0.3) is 10.8 Å². The Morgan fingerprint density at radius 3 is 2.68 bits per heavy atom. The van der Waals surface area contributed by atoms with E-state index in [0.717, 1.165) is 24.1 Å². The minimum atomic E-state index is -3.46. The van der Waals surface area contributed by atoms with E-state index in [1.54, 1.807) is 27.8 Å².